The molecule has 3 rings (SSSR count). The van der Waals surface area contributed by atoms with Gasteiger partial charge in [0, 0.05) is 17.6 Å². The van der Waals surface area contributed by atoms with Crippen molar-refractivity contribution < 1.29 is 13.9 Å². The van der Waals surface area contributed by atoms with Crippen LogP contribution in [0.25, 0.3) is 10.9 Å². The van der Waals surface area contributed by atoms with Gasteiger partial charge in [-0.15, -0.1) is 0 Å². The molecule has 1 aromatic heterocycles. The van der Waals surface area contributed by atoms with Gasteiger partial charge in [0.1, 0.15) is 11.6 Å². The lowest BCUT2D eigenvalue weighted by Gasteiger charge is -2.10. The lowest BCUT2D eigenvalue weighted by molar-refractivity contribution is 0.102. The number of fused-ring (bicyclic) bond motifs is 1. The Labute approximate surface area is 126 Å². The fraction of sp³-hybridized carbons (Fsp3) is 0.0588. The van der Waals surface area contributed by atoms with Gasteiger partial charge in [-0.25, -0.2) is 4.39 Å². The second kappa shape index (κ2) is 5.81. The summed E-state index contributed by atoms with van der Waals surface area (Å²) in [5, 5.41) is 3.52. The largest absolute Gasteiger partial charge is 0.497 e. The number of ether oxygens (including phenoxy) is 1. The van der Waals surface area contributed by atoms with Crippen LogP contribution in [0, 0.1) is 5.82 Å². The van der Waals surface area contributed by atoms with Gasteiger partial charge in [0.2, 0.25) is 0 Å². The van der Waals surface area contributed by atoms with E-state index in [0.29, 0.717) is 17.0 Å². The SMILES string of the molecule is COc1cc(NC(=O)c2ccccc2F)c2ncccc2c1. The third kappa shape index (κ3) is 2.61. The molecule has 0 saturated heterocycles. The molecule has 0 fully saturated rings. The van der Waals surface area contributed by atoms with E-state index in [1.165, 1.54) is 18.2 Å². The number of anilines is 1. The number of nitrogens with zero attached hydrogens (tertiary/aromatic N) is 1. The van der Waals surface area contributed by atoms with Crippen molar-refractivity contribution in [1.82, 2.24) is 4.98 Å². The first-order valence-electron chi connectivity index (χ1n) is 6.67. The molecular formula is C17H13FN2O2. The zero-order valence-corrected chi connectivity index (χ0v) is 11.8. The summed E-state index contributed by atoms with van der Waals surface area (Å²) in [5.41, 5.74) is 1.07. The van der Waals surface area contributed by atoms with Crippen LogP contribution >= 0.6 is 0 Å². The molecule has 0 radical (unpaired) electrons. The first-order valence-corrected chi connectivity index (χ1v) is 6.67. The zero-order chi connectivity index (χ0) is 15.5. The molecule has 22 heavy (non-hydrogen) atoms. The number of rotatable bonds is 3. The second-order valence-corrected chi connectivity index (χ2v) is 4.68. The lowest BCUT2D eigenvalue weighted by Crippen LogP contribution is -2.14. The molecule has 2 aromatic carbocycles. The molecule has 110 valence electrons. The molecule has 0 saturated carbocycles. The molecule has 0 atom stereocenters. The fourth-order valence-electron chi connectivity index (χ4n) is 2.21. The Hall–Kier alpha value is -2.95. The lowest BCUT2D eigenvalue weighted by atomic mass is 10.1. The van der Waals surface area contributed by atoms with Crippen molar-refractivity contribution in [2.24, 2.45) is 0 Å². The maximum Gasteiger partial charge on any atom is 0.258 e. The topological polar surface area (TPSA) is 51.2 Å². The van der Waals surface area contributed by atoms with Crippen molar-refractivity contribution in [3.8, 4) is 5.75 Å². The van der Waals surface area contributed by atoms with Crippen LogP contribution in [-0.4, -0.2) is 18.0 Å². The molecule has 1 amide bonds. The minimum Gasteiger partial charge on any atom is -0.497 e. The molecule has 0 aliphatic rings. The first-order chi connectivity index (χ1) is 10.7. The average Bonchev–Trinajstić information content (AvgIpc) is 2.55. The minimum absolute atomic E-state index is 0.0191. The van der Waals surface area contributed by atoms with E-state index in [-0.39, 0.29) is 5.56 Å². The number of methoxy groups -OCH3 is 1. The normalized spacial score (nSPS) is 10.5. The van der Waals surface area contributed by atoms with Crippen LogP contribution in [0.1, 0.15) is 10.4 Å². The highest BCUT2D eigenvalue weighted by Gasteiger charge is 2.14. The monoisotopic (exact) mass is 296 g/mol. The van der Waals surface area contributed by atoms with Gasteiger partial charge in [0.25, 0.3) is 5.91 Å². The van der Waals surface area contributed by atoms with Crippen molar-refractivity contribution in [2.45, 2.75) is 0 Å². The average molecular weight is 296 g/mol. The summed E-state index contributed by atoms with van der Waals surface area (Å²) < 4.78 is 18.9. The molecule has 0 spiro atoms. The Morgan fingerprint density at radius 2 is 2.00 bits per heavy atom. The second-order valence-electron chi connectivity index (χ2n) is 4.68. The summed E-state index contributed by atoms with van der Waals surface area (Å²) in [6.07, 6.45) is 1.63. The molecule has 0 unspecified atom stereocenters. The highest BCUT2D eigenvalue weighted by Crippen LogP contribution is 2.28. The number of aromatic nitrogens is 1. The van der Waals surface area contributed by atoms with Crippen molar-refractivity contribution in [2.75, 3.05) is 12.4 Å². The van der Waals surface area contributed by atoms with Gasteiger partial charge in [0.05, 0.1) is 23.9 Å². The number of pyridine rings is 1. The van der Waals surface area contributed by atoms with Gasteiger partial charge < -0.3 is 10.1 Å². The summed E-state index contributed by atoms with van der Waals surface area (Å²) in [6, 6.07) is 13.0. The van der Waals surface area contributed by atoms with E-state index in [1.54, 1.807) is 31.5 Å². The smallest absolute Gasteiger partial charge is 0.258 e. The summed E-state index contributed by atoms with van der Waals surface area (Å²) in [6.45, 7) is 0. The van der Waals surface area contributed by atoms with Crippen molar-refractivity contribution >= 4 is 22.5 Å². The molecule has 4 nitrogen and oxygen atoms in total. The van der Waals surface area contributed by atoms with Crippen LogP contribution in [0.15, 0.2) is 54.7 Å². The van der Waals surface area contributed by atoms with Crippen LogP contribution in [-0.2, 0) is 0 Å². The van der Waals surface area contributed by atoms with E-state index in [1.807, 2.05) is 12.1 Å². The highest BCUT2D eigenvalue weighted by molar-refractivity contribution is 6.08. The Bertz CT molecular complexity index is 849. The number of carbonyl (C=O) groups excluding carboxylic acids is 1. The van der Waals surface area contributed by atoms with Gasteiger partial charge >= 0.3 is 0 Å². The quantitative estimate of drug-likeness (QED) is 0.803. The number of benzene rings is 2. The van der Waals surface area contributed by atoms with Gasteiger partial charge in [0.15, 0.2) is 0 Å². The number of amides is 1. The van der Waals surface area contributed by atoms with Crippen LogP contribution in [0.2, 0.25) is 0 Å². The van der Waals surface area contributed by atoms with Gasteiger partial charge in [-0.1, -0.05) is 18.2 Å². The third-order valence-electron chi connectivity index (χ3n) is 3.28. The molecule has 1 heterocycles. The van der Waals surface area contributed by atoms with Crippen LogP contribution in [0.4, 0.5) is 10.1 Å². The Morgan fingerprint density at radius 1 is 1.18 bits per heavy atom. The summed E-state index contributed by atoms with van der Waals surface area (Å²) in [7, 11) is 1.54. The van der Waals surface area contributed by atoms with Crippen molar-refractivity contribution in [1.29, 1.82) is 0 Å². The van der Waals surface area contributed by atoms with Crippen LogP contribution in [0.5, 0.6) is 5.75 Å². The van der Waals surface area contributed by atoms with E-state index in [2.05, 4.69) is 10.3 Å². The molecule has 0 bridgehead atoms. The van der Waals surface area contributed by atoms with Crippen molar-refractivity contribution in [3.63, 3.8) is 0 Å². The summed E-state index contributed by atoms with van der Waals surface area (Å²) in [5.74, 6) is -0.511. The van der Waals surface area contributed by atoms with E-state index in [0.717, 1.165) is 5.39 Å². The van der Waals surface area contributed by atoms with E-state index < -0.39 is 11.7 Å². The predicted octanol–water partition coefficient (Wildman–Crippen LogP) is 3.63. The van der Waals surface area contributed by atoms with E-state index in [4.69, 9.17) is 4.74 Å². The molecule has 3 aromatic rings. The van der Waals surface area contributed by atoms with E-state index >= 15 is 0 Å². The number of carbonyl (C=O) groups is 1. The predicted molar refractivity (Wildman–Crippen MR) is 82.6 cm³/mol. The fourth-order valence-corrected chi connectivity index (χ4v) is 2.21. The Morgan fingerprint density at radius 3 is 2.77 bits per heavy atom. The maximum atomic E-state index is 13.7. The summed E-state index contributed by atoms with van der Waals surface area (Å²) in [4.78, 5) is 16.5. The number of hydrogen-bond donors (Lipinski definition) is 1. The van der Waals surface area contributed by atoms with Gasteiger partial charge in [-0.2, -0.15) is 0 Å². The van der Waals surface area contributed by atoms with Gasteiger partial charge in [-0.3, -0.25) is 9.78 Å². The number of hydrogen-bond acceptors (Lipinski definition) is 3. The maximum absolute atomic E-state index is 13.7. The van der Waals surface area contributed by atoms with Crippen molar-refractivity contribution in [3.05, 3.63) is 66.1 Å². The van der Waals surface area contributed by atoms with E-state index in [9.17, 15) is 9.18 Å². The van der Waals surface area contributed by atoms with Gasteiger partial charge in [-0.05, 0) is 24.3 Å². The zero-order valence-electron chi connectivity index (χ0n) is 11.8. The minimum atomic E-state index is -0.569. The summed E-state index contributed by atoms with van der Waals surface area (Å²) >= 11 is 0. The standard InChI is InChI=1S/C17H13FN2O2/c1-22-12-9-11-5-4-8-19-16(11)15(10-12)20-17(21)13-6-2-3-7-14(13)18/h2-10H,1H3,(H,20,21). The Kier molecular flexibility index (Phi) is 3.70. The number of nitrogens with one attached hydrogen (secondary N) is 1. The highest BCUT2D eigenvalue weighted by atomic mass is 19.1. The van der Waals surface area contributed by atoms with Crippen LogP contribution < -0.4 is 10.1 Å². The molecule has 0 aliphatic carbocycles. The Balaban J connectivity index is 2.03. The third-order valence-corrected chi connectivity index (χ3v) is 3.28. The molecular weight excluding hydrogens is 283 g/mol. The molecule has 5 heteroatoms. The first kappa shape index (κ1) is 14.0. The molecule has 1 N–H and O–H groups in total. The number of halogens is 1. The van der Waals surface area contributed by atoms with Crippen LogP contribution in [0.3, 0.4) is 0 Å². The molecule has 0 aliphatic heterocycles.